The number of benzene rings is 3. The van der Waals surface area contributed by atoms with Gasteiger partial charge in [0.1, 0.15) is 5.75 Å². The standard InChI is InChI=1S/C27H23N5O3/c1-17-24(16-28-32(17)20-10-12-21(35-2)13-11-20)26(33)29-19-7-5-6-18(14-19)15-25-22-8-3-4-9-23(22)27(34)31-30-25/h3-14,16H,15H2,1-2H3,(H,29,33)(H,31,34). The normalized spacial score (nSPS) is 10.9. The Kier molecular flexibility index (Phi) is 5.85. The van der Waals surface area contributed by atoms with Crippen molar-refractivity contribution in [2.75, 3.05) is 12.4 Å². The summed E-state index contributed by atoms with van der Waals surface area (Å²) in [4.78, 5) is 25.1. The zero-order chi connectivity index (χ0) is 24.4. The molecule has 3 aromatic carbocycles. The van der Waals surface area contributed by atoms with Gasteiger partial charge >= 0.3 is 0 Å². The number of methoxy groups -OCH3 is 1. The number of ether oxygens (including phenoxy) is 1. The Balaban J connectivity index is 1.36. The summed E-state index contributed by atoms with van der Waals surface area (Å²) in [5, 5.41) is 15.6. The van der Waals surface area contributed by atoms with Gasteiger partial charge in [0.15, 0.2) is 0 Å². The van der Waals surface area contributed by atoms with Crippen LogP contribution in [-0.4, -0.2) is 33.0 Å². The van der Waals surface area contributed by atoms with Gasteiger partial charge in [0.25, 0.3) is 11.5 Å². The Bertz CT molecular complexity index is 1590. The molecule has 8 heteroatoms. The third-order valence-electron chi connectivity index (χ3n) is 5.90. The summed E-state index contributed by atoms with van der Waals surface area (Å²) in [5.74, 6) is 0.508. The van der Waals surface area contributed by atoms with Crippen molar-refractivity contribution in [2.45, 2.75) is 13.3 Å². The summed E-state index contributed by atoms with van der Waals surface area (Å²) < 4.78 is 6.93. The molecule has 0 spiro atoms. The van der Waals surface area contributed by atoms with Gasteiger partial charge in [-0.1, -0.05) is 30.3 Å². The van der Waals surface area contributed by atoms with Gasteiger partial charge in [-0.3, -0.25) is 9.59 Å². The second kappa shape index (κ2) is 9.26. The van der Waals surface area contributed by atoms with E-state index >= 15 is 0 Å². The summed E-state index contributed by atoms with van der Waals surface area (Å²) in [5.41, 5.74) is 4.23. The van der Waals surface area contributed by atoms with Gasteiger partial charge in [-0.05, 0) is 55.0 Å². The summed E-state index contributed by atoms with van der Waals surface area (Å²) in [6.45, 7) is 1.86. The minimum absolute atomic E-state index is 0.212. The van der Waals surface area contributed by atoms with E-state index in [0.717, 1.165) is 33.8 Å². The first kappa shape index (κ1) is 22.1. The number of fused-ring (bicyclic) bond motifs is 1. The van der Waals surface area contributed by atoms with Crippen LogP contribution >= 0.6 is 0 Å². The molecule has 0 aliphatic carbocycles. The Morgan fingerprint density at radius 2 is 1.80 bits per heavy atom. The van der Waals surface area contributed by atoms with E-state index < -0.39 is 0 Å². The lowest BCUT2D eigenvalue weighted by molar-refractivity contribution is 0.102. The van der Waals surface area contributed by atoms with Crippen molar-refractivity contribution in [2.24, 2.45) is 0 Å². The van der Waals surface area contributed by atoms with Gasteiger partial charge in [-0.15, -0.1) is 0 Å². The number of H-pyrrole nitrogens is 1. The van der Waals surface area contributed by atoms with Crippen molar-refractivity contribution >= 4 is 22.4 Å². The quantitative estimate of drug-likeness (QED) is 0.390. The summed E-state index contributed by atoms with van der Waals surface area (Å²) >= 11 is 0. The highest BCUT2D eigenvalue weighted by molar-refractivity contribution is 6.05. The van der Waals surface area contributed by atoms with Crippen molar-refractivity contribution < 1.29 is 9.53 Å². The number of hydrogen-bond donors (Lipinski definition) is 2. The van der Waals surface area contributed by atoms with Crippen molar-refractivity contribution in [1.29, 1.82) is 0 Å². The lowest BCUT2D eigenvalue weighted by Crippen LogP contribution is -2.13. The maximum Gasteiger partial charge on any atom is 0.272 e. The molecule has 0 bridgehead atoms. The average Bonchev–Trinajstić information content (AvgIpc) is 3.27. The fourth-order valence-corrected chi connectivity index (χ4v) is 4.07. The van der Waals surface area contributed by atoms with Gasteiger partial charge in [-0.25, -0.2) is 9.78 Å². The summed E-state index contributed by atoms with van der Waals surface area (Å²) in [6.07, 6.45) is 2.07. The van der Waals surface area contributed by atoms with Crippen molar-refractivity contribution in [3.63, 3.8) is 0 Å². The molecule has 1 amide bonds. The van der Waals surface area contributed by atoms with Crippen molar-refractivity contribution in [3.05, 3.63) is 112 Å². The summed E-state index contributed by atoms with van der Waals surface area (Å²) in [6, 6.07) is 22.4. The number of anilines is 1. The van der Waals surface area contributed by atoms with Crippen LogP contribution in [0.2, 0.25) is 0 Å². The third-order valence-corrected chi connectivity index (χ3v) is 5.90. The van der Waals surface area contributed by atoms with E-state index in [0.29, 0.717) is 23.1 Å². The van der Waals surface area contributed by atoms with Crippen molar-refractivity contribution in [1.82, 2.24) is 20.0 Å². The molecule has 8 nitrogen and oxygen atoms in total. The topological polar surface area (TPSA) is 102 Å². The van der Waals surface area contributed by atoms with Crippen LogP contribution in [0.3, 0.4) is 0 Å². The molecule has 0 aliphatic heterocycles. The lowest BCUT2D eigenvalue weighted by atomic mass is 10.0. The Labute approximate surface area is 201 Å². The van der Waals surface area contributed by atoms with Crippen LogP contribution in [0.1, 0.15) is 27.3 Å². The number of carbonyl (C=O) groups is 1. The average molecular weight is 466 g/mol. The van der Waals surface area contributed by atoms with E-state index in [-0.39, 0.29) is 11.5 Å². The highest BCUT2D eigenvalue weighted by atomic mass is 16.5. The van der Waals surface area contributed by atoms with Gasteiger partial charge in [0.2, 0.25) is 0 Å². The molecule has 2 aromatic heterocycles. The van der Waals surface area contributed by atoms with Gasteiger partial charge in [-0.2, -0.15) is 10.2 Å². The highest BCUT2D eigenvalue weighted by Crippen LogP contribution is 2.21. The molecule has 5 rings (SSSR count). The maximum absolute atomic E-state index is 13.0. The van der Waals surface area contributed by atoms with Crippen molar-refractivity contribution in [3.8, 4) is 11.4 Å². The second-order valence-corrected chi connectivity index (χ2v) is 8.13. The Morgan fingerprint density at radius 1 is 1.03 bits per heavy atom. The molecule has 2 N–H and O–H groups in total. The largest absolute Gasteiger partial charge is 0.497 e. The first-order chi connectivity index (χ1) is 17.0. The van der Waals surface area contributed by atoms with E-state index in [2.05, 4.69) is 20.6 Å². The molecule has 0 atom stereocenters. The molecule has 0 saturated heterocycles. The molecule has 0 radical (unpaired) electrons. The number of aromatic nitrogens is 4. The first-order valence-electron chi connectivity index (χ1n) is 11.1. The van der Waals surface area contributed by atoms with Crippen LogP contribution in [0.25, 0.3) is 16.5 Å². The number of nitrogens with one attached hydrogen (secondary N) is 2. The van der Waals surface area contributed by atoms with Crippen LogP contribution in [-0.2, 0) is 6.42 Å². The molecule has 0 fully saturated rings. The van der Waals surface area contributed by atoms with E-state index in [1.165, 1.54) is 0 Å². The molecular formula is C27H23N5O3. The van der Waals surface area contributed by atoms with Crippen LogP contribution in [0, 0.1) is 6.92 Å². The zero-order valence-corrected chi connectivity index (χ0v) is 19.3. The molecule has 0 aliphatic rings. The minimum atomic E-state index is -0.243. The lowest BCUT2D eigenvalue weighted by Gasteiger charge is -2.09. The molecule has 2 heterocycles. The smallest absolute Gasteiger partial charge is 0.272 e. The molecular weight excluding hydrogens is 442 g/mol. The number of rotatable bonds is 6. The molecule has 0 unspecified atom stereocenters. The van der Waals surface area contributed by atoms with Gasteiger partial charge in [0, 0.05) is 17.5 Å². The second-order valence-electron chi connectivity index (χ2n) is 8.13. The SMILES string of the molecule is COc1ccc(-n2ncc(C(=O)Nc3cccc(Cc4n[nH]c(=O)c5ccccc45)c3)c2C)cc1. The van der Waals surface area contributed by atoms with Crippen LogP contribution < -0.4 is 15.6 Å². The number of hydrogen-bond acceptors (Lipinski definition) is 5. The van der Waals surface area contributed by atoms with Crippen LogP contribution in [0.15, 0.2) is 83.8 Å². The third kappa shape index (κ3) is 4.41. The van der Waals surface area contributed by atoms with Gasteiger partial charge in [0.05, 0.1) is 41.3 Å². The zero-order valence-electron chi connectivity index (χ0n) is 19.3. The fraction of sp³-hybridized carbons (Fsp3) is 0.111. The predicted octanol–water partition coefficient (Wildman–Crippen LogP) is 4.27. The monoisotopic (exact) mass is 465 g/mol. The predicted molar refractivity (Wildman–Crippen MR) is 134 cm³/mol. The Morgan fingerprint density at radius 3 is 2.57 bits per heavy atom. The Hall–Kier alpha value is -4.72. The fourth-order valence-electron chi connectivity index (χ4n) is 4.07. The van der Waals surface area contributed by atoms with Gasteiger partial charge < -0.3 is 10.1 Å². The number of aromatic amines is 1. The number of amides is 1. The molecule has 174 valence electrons. The number of carbonyl (C=O) groups excluding carboxylic acids is 1. The van der Waals surface area contributed by atoms with E-state index in [1.54, 1.807) is 24.1 Å². The number of nitrogens with zero attached hydrogens (tertiary/aromatic N) is 3. The van der Waals surface area contributed by atoms with E-state index in [4.69, 9.17) is 4.74 Å². The molecule has 5 aromatic rings. The van der Waals surface area contributed by atoms with Crippen LogP contribution in [0.5, 0.6) is 5.75 Å². The van der Waals surface area contributed by atoms with E-state index in [1.807, 2.05) is 73.7 Å². The maximum atomic E-state index is 13.0. The molecule has 0 saturated carbocycles. The van der Waals surface area contributed by atoms with Crippen LogP contribution in [0.4, 0.5) is 5.69 Å². The first-order valence-corrected chi connectivity index (χ1v) is 11.1. The highest BCUT2D eigenvalue weighted by Gasteiger charge is 2.16. The molecule has 35 heavy (non-hydrogen) atoms. The summed E-state index contributed by atoms with van der Waals surface area (Å²) in [7, 11) is 1.62. The minimum Gasteiger partial charge on any atom is -0.497 e. The van der Waals surface area contributed by atoms with E-state index in [9.17, 15) is 9.59 Å².